The zero-order chi connectivity index (χ0) is 16.0. The van der Waals surface area contributed by atoms with Crippen LogP contribution in [-0.4, -0.2) is 26.3 Å². The lowest BCUT2D eigenvalue weighted by molar-refractivity contribution is 0.397. The molecule has 1 atom stereocenters. The Bertz CT molecular complexity index is 685. The highest BCUT2D eigenvalue weighted by atomic mass is 32.2. The van der Waals surface area contributed by atoms with Gasteiger partial charge in [-0.25, -0.2) is 18.1 Å². The Kier molecular flexibility index (Phi) is 5.51. The molecule has 2 aromatic rings. The predicted molar refractivity (Wildman–Crippen MR) is 86.3 cm³/mol. The molecular weight excluding hydrogens is 300 g/mol. The average molecular weight is 320 g/mol. The molecule has 0 spiro atoms. The predicted octanol–water partition coefficient (Wildman–Crippen LogP) is 2.31. The fourth-order valence-electron chi connectivity index (χ4n) is 2.10. The largest absolute Gasteiger partial charge is 0.481 e. The number of sulfonamides is 1. The van der Waals surface area contributed by atoms with Crippen molar-refractivity contribution in [3.8, 4) is 5.88 Å². The minimum absolute atomic E-state index is 0.0561. The van der Waals surface area contributed by atoms with E-state index in [-0.39, 0.29) is 18.2 Å². The van der Waals surface area contributed by atoms with Gasteiger partial charge in [-0.1, -0.05) is 43.3 Å². The Balaban J connectivity index is 1.93. The fraction of sp³-hybridized carbons (Fsp3) is 0.312. The highest BCUT2D eigenvalue weighted by Gasteiger charge is 2.16. The molecule has 1 aromatic heterocycles. The number of hydrogen-bond acceptors (Lipinski definition) is 4. The molecule has 6 heteroatoms. The highest BCUT2D eigenvalue weighted by Crippen LogP contribution is 2.16. The molecule has 0 fully saturated rings. The Morgan fingerprint density at radius 1 is 1.18 bits per heavy atom. The summed E-state index contributed by atoms with van der Waals surface area (Å²) in [6.45, 7) is 2.13. The average Bonchev–Trinajstić information content (AvgIpc) is 2.54. The van der Waals surface area contributed by atoms with Crippen LogP contribution in [-0.2, 0) is 16.6 Å². The topological polar surface area (TPSA) is 68.3 Å². The van der Waals surface area contributed by atoms with Crippen LogP contribution in [0.3, 0.4) is 0 Å². The molecule has 2 rings (SSSR count). The number of benzene rings is 1. The van der Waals surface area contributed by atoms with Crippen molar-refractivity contribution < 1.29 is 13.2 Å². The monoisotopic (exact) mass is 320 g/mol. The third-order valence-corrected chi connectivity index (χ3v) is 4.86. The highest BCUT2D eigenvalue weighted by molar-refractivity contribution is 7.89. The van der Waals surface area contributed by atoms with Crippen molar-refractivity contribution in [3.05, 3.63) is 59.8 Å². The number of nitrogens with zero attached hydrogens (tertiary/aromatic N) is 1. The van der Waals surface area contributed by atoms with E-state index in [2.05, 4.69) is 9.71 Å². The lowest BCUT2D eigenvalue weighted by Gasteiger charge is -2.13. The van der Waals surface area contributed by atoms with Gasteiger partial charge < -0.3 is 4.74 Å². The first kappa shape index (κ1) is 16.5. The van der Waals surface area contributed by atoms with E-state index in [4.69, 9.17) is 4.74 Å². The molecule has 22 heavy (non-hydrogen) atoms. The van der Waals surface area contributed by atoms with E-state index in [1.165, 1.54) is 7.11 Å². The lowest BCUT2D eigenvalue weighted by atomic mass is 10.0. The molecule has 1 heterocycles. The molecule has 0 saturated heterocycles. The molecule has 0 amide bonds. The van der Waals surface area contributed by atoms with Crippen molar-refractivity contribution in [2.45, 2.75) is 19.4 Å². The van der Waals surface area contributed by atoms with Crippen molar-refractivity contribution in [3.63, 3.8) is 0 Å². The Morgan fingerprint density at radius 2 is 1.91 bits per heavy atom. The molecule has 1 N–H and O–H groups in total. The van der Waals surface area contributed by atoms with Crippen LogP contribution in [0.4, 0.5) is 0 Å². The first-order valence-electron chi connectivity index (χ1n) is 7.01. The number of aromatic nitrogens is 1. The smallest absolute Gasteiger partial charge is 0.212 e. The van der Waals surface area contributed by atoms with Gasteiger partial charge in [-0.2, -0.15) is 0 Å². The van der Waals surface area contributed by atoms with Crippen molar-refractivity contribution in [1.29, 1.82) is 0 Å². The summed E-state index contributed by atoms with van der Waals surface area (Å²) in [6.07, 6.45) is 1.60. The zero-order valence-electron chi connectivity index (χ0n) is 12.7. The molecule has 0 aliphatic rings. The van der Waals surface area contributed by atoms with Gasteiger partial charge >= 0.3 is 0 Å². The van der Waals surface area contributed by atoms with Gasteiger partial charge in [0, 0.05) is 18.8 Å². The van der Waals surface area contributed by atoms with Crippen LogP contribution in [0.1, 0.15) is 24.0 Å². The molecule has 5 nitrogen and oxygen atoms in total. The second-order valence-corrected chi connectivity index (χ2v) is 6.97. The van der Waals surface area contributed by atoms with Gasteiger partial charge in [0.05, 0.1) is 12.9 Å². The van der Waals surface area contributed by atoms with Crippen LogP contribution in [0.2, 0.25) is 0 Å². The Labute approximate surface area is 131 Å². The van der Waals surface area contributed by atoms with E-state index >= 15 is 0 Å². The van der Waals surface area contributed by atoms with Gasteiger partial charge in [0.25, 0.3) is 0 Å². The van der Waals surface area contributed by atoms with Crippen molar-refractivity contribution >= 4 is 10.0 Å². The maximum atomic E-state index is 12.2. The van der Waals surface area contributed by atoms with Crippen LogP contribution in [0.15, 0.2) is 48.7 Å². The van der Waals surface area contributed by atoms with Gasteiger partial charge in [-0.05, 0) is 17.0 Å². The minimum atomic E-state index is -3.35. The second kappa shape index (κ2) is 7.38. The van der Waals surface area contributed by atoms with Crippen LogP contribution in [0.5, 0.6) is 5.88 Å². The van der Waals surface area contributed by atoms with Crippen LogP contribution >= 0.6 is 0 Å². The molecule has 0 unspecified atom stereocenters. The third kappa shape index (κ3) is 4.82. The first-order chi connectivity index (χ1) is 10.5. The van der Waals surface area contributed by atoms with E-state index in [0.717, 1.165) is 11.1 Å². The second-order valence-electron chi connectivity index (χ2n) is 5.12. The summed E-state index contributed by atoms with van der Waals surface area (Å²) < 4.78 is 31.9. The standard InChI is InChI=1S/C16H20N2O3S/c1-13(15-6-4-3-5-7-15)12-22(19,20)18-11-14-8-9-16(21-2)17-10-14/h3-10,13,18H,11-12H2,1-2H3/t13-/m0/s1. The molecular formula is C16H20N2O3S. The van der Waals surface area contributed by atoms with Gasteiger partial charge in [-0.15, -0.1) is 0 Å². The maximum absolute atomic E-state index is 12.2. The number of pyridine rings is 1. The summed E-state index contributed by atoms with van der Waals surface area (Å²) in [4.78, 5) is 4.05. The van der Waals surface area contributed by atoms with E-state index in [9.17, 15) is 8.42 Å². The van der Waals surface area contributed by atoms with Gasteiger partial charge in [0.1, 0.15) is 0 Å². The van der Waals surface area contributed by atoms with Gasteiger partial charge in [-0.3, -0.25) is 0 Å². The van der Waals surface area contributed by atoms with E-state index in [1.807, 2.05) is 37.3 Å². The summed E-state index contributed by atoms with van der Waals surface area (Å²) >= 11 is 0. The summed E-state index contributed by atoms with van der Waals surface area (Å²) in [5, 5.41) is 0. The Morgan fingerprint density at radius 3 is 2.50 bits per heavy atom. The zero-order valence-corrected chi connectivity index (χ0v) is 13.5. The molecule has 0 aliphatic heterocycles. The molecule has 1 aromatic carbocycles. The number of rotatable bonds is 7. The van der Waals surface area contributed by atoms with Crippen molar-refractivity contribution in [2.24, 2.45) is 0 Å². The molecule has 0 saturated carbocycles. The fourth-order valence-corrected chi connectivity index (χ4v) is 3.45. The molecule has 0 aliphatic carbocycles. The first-order valence-corrected chi connectivity index (χ1v) is 8.66. The number of ether oxygens (including phenoxy) is 1. The van der Waals surface area contributed by atoms with Gasteiger partial charge in [0.2, 0.25) is 15.9 Å². The van der Waals surface area contributed by atoms with Crippen LogP contribution in [0.25, 0.3) is 0 Å². The SMILES string of the molecule is COc1ccc(CNS(=O)(=O)C[C@H](C)c2ccccc2)cn1. The number of methoxy groups -OCH3 is 1. The number of hydrogen-bond donors (Lipinski definition) is 1. The summed E-state index contributed by atoms with van der Waals surface area (Å²) in [5.74, 6) is 0.498. The molecule has 0 bridgehead atoms. The van der Waals surface area contributed by atoms with Gasteiger partial charge in [0.15, 0.2) is 0 Å². The summed E-state index contributed by atoms with van der Waals surface area (Å²) in [7, 11) is -1.81. The molecule has 118 valence electrons. The third-order valence-electron chi connectivity index (χ3n) is 3.34. The number of nitrogens with one attached hydrogen (secondary N) is 1. The molecule has 0 radical (unpaired) electrons. The van der Waals surface area contributed by atoms with Crippen LogP contribution < -0.4 is 9.46 Å². The van der Waals surface area contributed by atoms with E-state index in [1.54, 1.807) is 18.3 Å². The normalized spacial score (nSPS) is 12.8. The summed E-state index contributed by atoms with van der Waals surface area (Å²) in [5.41, 5.74) is 1.80. The quantitative estimate of drug-likeness (QED) is 0.850. The van der Waals surface area contributed by atoms with Crippen molar-refractivity contribution in [1.82, 2.24) is 9.71 Å². The lowest BCUT2D eigenvalue weighted by Crippen LogP contribution is -2.28. The minimum Gasteiger partial charge on any atom is -0.481 e. The van der Waals surface area contributed by atoms with Crippen molar-refractivity contribution in [2.75, 3.05) is 12.9 Å². The van der Waals surface area contributed by atoms with E-state index < -0.39 is 10.0 Å². The maximum Gasteiger partial charge on any atom is 0.212 e. The summed E-state index contributed by atoms with van der Waals surface area (Å²) in [6, 6.07) is 13.1. The van der Waals surface area contributed by atoms with E-state index in [0.29, 0.717) is 5.88 Å². The Hall–Kier alpha value is -1.92. The van der Waals surface area contributed by atoms with Crippen LogP contribution in [0, 0.1) is 0 Å².